The average molecular weight is 300 g/mol. The second-order valence-corrected chi connectivity index (χ2v) is 6.33. The Morgan fingerprint density at radius 1 is 0.895 bits per heavy atom. The van der Waals surface area contributed by atoms with E-state index in [-0.39, 0.29) is 36.7 Å². The molecule has 0 heterocycles. The summed E-state index contributed by atoms with van der Waals surface area (Å²) in [6, 6.07) is 0. The second-order valence-electron chi connectivity index (χ2n) is 4.84. The molecule has 3 nitrogen and oxygen atoms in total. The fraction of sp³-hybridized carbons (Fsp3) is 0.857. The van der Waals surface area contributed by atoms with E-state index >= 15 is 0 Å². The number of rotatable bonds is 12. The monoisotopic (exact) mass is 300 g/mol. The number of unbranched alkanes of at least 4 members (excludes halogenated alkanes) is 9. The summed E-state index contributed by atoms with van der Waals surface area (Å²) < 4.78 is 29.3. The standard InChI is InChI=1S/C14H28O3S.Na.H/c1-2-3-4-5-6-7-8-9-10-11-12-13-14-18(15,16)17;;/h12-13H,2-11,14H2,1H3,(H,15,16,17);;/q;+1;-1/b13-12+;;. The maximum atomic E-state index is 10.4. The molecule has 0 radical (unpaired) electrons. The van der Waals surface area contributed by atoms with Crippen LogP contribution in [0, 0.1) is 0 Å². The molecule has 0 fully saturated rings. The molecule has 0 spiro atoms. The Bertz CT molecular complexity index is 306. The van der Waals surface area contributed by atoms with Crippen LogP contribution in [0.4, 0.5) is 0 Å². The predicted molar refractivity (Wildman–Crippen MR) is 78.5 cm³/mol. The first-order chi connectivity index (χ1) is 8.56. The minimum atomic E-state index is -3.82. The second kappa shape index (κ2) is 15.0. The fourth-order valence-electron chi connectivity index (χ4n) is 1.88. The van der Waals surface area contributed by atoms with Gasteiger partial charge in [-0.1, -0.05) is 70.4 Å². The maximum absolute atomic E-state index is 10.4. The van der Waals surface area contributed by atoms with Crippen molar-refractivity contribution in [1.82, 2.24) is 0 Å². The minimum absolute atomic E-state index is 0. The van der Waals surface area contributed by atoms with Crippen LogP contribution in [-0.2, 0) is 10.1 Å². The zero-order chi connectivity index (χ0) is 13.7. The largest absolute Gasteiger partial charge is 1.00 e. The molecular formula is C14H29NaO3S. The molecule has 0 aliphatic heterocycles. The van der Waals surface area contributed by atoms with E-state index in [4.69, 9.17) is 4.55 Å². The first-order valence-corrected chi connectivity index (χ1v) is 8.77. The van der Waals surface area contributed by atoms with Crippen LogP contribution < -0.4 is 29.6 Å². The van der Waals surface area contributed by atoms with Gasteiger partial charge >= 0.3 is 29.6 Å². The van der Waals surface area contributed by atoms with Gasteiger partial charge in [-0.2, -0.15) is 8.42 Å². The van der Waals surface area contributed by atoms with Crippen LogP contribution in [0.25, 0.3) is 0 Å². The Labute approximate surface area is 142 Å². The van der Waals surface area contributed by atoms with Crippen molar-refractivity contribution in [3.8, 4) is 0 Å². The normalized spacial score (nSPS) is 11.7. The summed E-state index contributed by atoms with van der Waals surface area (Å²) in [5, 5.41) is 0. The number of hydrogen-bond acceptors (Lipinski definition) is 2. The number of hydrogen-bond donors (Lipinski definition) is 1. The molecule has 0 aromatic heterocycles. The van der Waals surface area contributed by atoms with Gasteiger partial charge in [0.15, 0.2) is 0 Å². The molecule has 0 unspecified atom stereocenters. The van der Waals surface area contributed by atoms with Gasteiger partial charge in [0, 0.05) is 0 Å². The summed E-state index contributed by atoms with van der Waals surface area (Å²) in [5.74, 6) is -0.259. The molecule has 0 aromatic rings. The summed E-state index contributed by atoms with van der Waals surface area (Å²) in [6.45, 7) is 2.23. The van der Waals surface area contributed by atoms with Crippen LogP contribution in [0.15, 0.2) is 12.2 Å². The molecular weight excluding hydrogens is 271 g/mol. The Balaban J connectivity index is -0.00000144. The molecule has 0 aromatic carbocycles. The fourth-order valence-corrected chi connectivity index (χ4v) is 2.26. The van der Waals surface area contributed by atoms with E-state index < -0.39 is 10.1 Å². The van der Waals surface area contributed by atoms with Crippen LogP contribution in [0.2, 0.25) is 0 Å². The van der Waals surface area contributed by atoms with Crippen molar-refractivity contribution in [2.75, 3.05) is 5.75 Å². The first-order valence-electron chi connectivity index (χ1n) is 7.16. The summed E-state index contributed by atoms with van der Waals surface area (Å²) in [7, 11) is -3.82. The molecule has 0 saturated carbocycles. The minimum Gasteiger partial charge on any atom is -1.00 e. The zero-order valence-electron chi connectivity index (χ0n) is 13.6. The molecule has 0 bridgehead atoms. The summed E-state index contributed by atoms with van der Waals surface area (Å²) in [5.41, 5.74) is 0. The molecule has 19 heavy (non-hydrogen) atoms. The van der Waals surface area contributed by atoms with Crippen molar-refractivity contribution >= 4 is 10.1 Å². The van der Waals surface area contributed by atoms with Gasteiger partial charge in [0.2, 0.25) is 0 Å². The summed E-state index contributed by atoms with van der Waals surface area (Å²) >= 11 is 0. The Morgan fingerprint density at radius 2 is 1.37 bits per heavy atom. The maximum Gasteiger partial charge on any atom is 1.00 e. The molecule has 0 saturated heterocycles. The van der Waals surface area contributed by atoms with Crippen molar-refractivity contribution in [2.24, 2.45) is 0 Å². The molecule has 5 heteroatoms. The van der Waals surface area contributed by atoms with E-state index in [9.17, 15) is 8.42 Å². The van der Waals surface area contributed by atoms with E-state index in [1.54, 1.807) is 0 Å². The van der Waals surface area contributed by atoms with Crippen molar-refractivity contribution in [3.05, 3.63) is 12.2 Å². The van der Waals surface area contributed by atoms with Crippen LogP contribution in [-0.4, -0.2) is 18.7 Å². The molecule has 0 amide bonds. The summed E-state index contributed by atoms with van der Waals surface area (Å²) in [6.07, 6.45) is 15.9. The van der Waals surface area contributed by atoms with E-state index in [0.29, 0.717) is 0 Å². The van der Waals surface area contributed by atoms with Crippen LogP contribution in [0.1, 0.15) is 72.6 Å². The van der Waals surface area contributed by atoms with Gasteiger partial charge in [0.1, 0.15) is 0 Å². The van der Waals surface area contributed by atoms with Crippen molar-refractivity contribution in [2.45, 2.75) is 71.1 Å². The van der Waals surface area contributed by atoms with Crippen molar-refractivity contribution < 1.29 is 44.0 Å². The number of allylic oxidation sites excluding steroid dienone is 1. The molecule has 0 aliphatic rings. The van der Waals surface area contributed by atoms with E-state index in [0.717, 1.165) is 12.8 Å². The average Bonchev–Trinajstić information content (AvgIpc) is 2.29. The van der Waals surface area contributed by atoms with Crippen molar-refractivity contribution in [3.63, 3.8) is 0 Å². The van der Waals surface area contributed by atoms with Gasteiger partial charge in [-0.25, -0.2) is 0 Å². The third-order valence-corrected chi connectivity index (χ3v) is 3.56. The smallest absolute Gasteiger partial charge is 1.00 e. The van der Waals surface area contributed by atoms with E-state index in [1.807, 2.05) is 6.08 Å². The topological polar surface area (TPSA) is 54.4 Å². The predicted octanol–water partition coefficient (Wildman–Crippen LogP) is 1.47. The van der Waals surface area contributed by atoms with Gasteiger partial charge in [0.05, 0.1) is 5.75 Å². The quantitative estimate of drug-likeness (QED) is 0.257. The van der Waals surface area contributed by atoms with E-state index in [2.05, 4.69) is 6.92 Å². The summed E-state index contributed by atoms with van der Waals surface area (Å²) in [4.78, 5) is 0. The molecule has 0 rings (SSSR count). The SMILES string of the molecule is CCCCCCCCCCC/C=C/CS(=O)(=O)O.[H-].[Na+]. The van der Waals surface area contributed by atoms with E-state index in [1.165, 1.54) is 57.4 Å². The van der Waals surface area contributed by atoms with Gasteiger partial charge < -0.3 is 1.43 Å². The third-order valence-electron chi connectivity index (χ3n) is 2.95. The first kappa shape index (κ1) is 21.9. The zero-order valence-corrected chi connectivity index (χ0v) is 15.4. The Kier molecular flexibility index (Phi) is 17.4. The van der Waals surface area contributed by atoms with Gasteiger partial charge in [-0.3, -0.25) is 4.55 Å². The van der Waals surface area contributed by atoms with Crippen LogP contribution >= 0.6 is 0 Å². The van der Waals surface area contributed by atoms with Gasteiger partial charge in [-0.15, -0.1) is 0 Å². The van der Waals surface area contributed by atoms with Gasteiger partial charge in [-0.05, 0) is 12.8 Å². The van der Waals surface area contributed by atoms with Gasteiger partial charge in [0.25, 0.3) is 10.1 Å². The van der Waals surface area contributed by atoms with Crippen LogP contribution in [0.3, 0.4) is 0 Å². The molecule has 0 atom stereocenters. The third kappa shape index (κ3) is 21.1. The van der Waals surface area contributed by atoms with Crippen molar-refractivity contribution in [1.29, 1.82) is 0 Å². The Hall–Kier alpha value is 0.650. The molecule has 110 valence electrons. The van der Waals surface area contributed by atoms with Crippen LogP contribution in [0.5, 0.6) is 0 Å². The Morgan fingerprint density at radius 3 is 1.84 bits per heavy atom. The molecule has 0 aliphatic carbocycles. The molecule has 1 N–H and O–H groups in total.